The van der Waals surface area contributed by atoms with E-state index in [2.05, 4.69) is 26.2 Å². The molecule has 3 amide bonds. The summed E-state index contributed by atoms with van der Waals surface area (Å²) >= 11 is 3.22. The van der Waals surface area contributed by atoms with Gasteiger partial charge in [0.25, 0.3) is 5.91 Å². The van der Waals surface area contributed by atoms with Crippen LogP contribution in [0, 0.1) is 0 Å². The lowest BCUT2D eigenvalue weighted by Crippen LogP contribution is -2.34. The maximum atomic E-state index is 11.8. The summed E-state index contributed by atoms with van der Waals surface area (Å²) in [6.45, 7) is 0.899. The maximum absolute atomic E-state index is 11.8. The number of aromatic nitrogens is 1. The van der Waals surface area contributed by atoms with Gasteiger partial charge in [-0.2, -0.15) is 0 Å². The summed E-state index contributed by atoms with van der Waals surface area (Å²) in [6, 6.07) is 2.94. The number of amides is 3. The molecule has 1 aliphatic rings. The Labute approximate surface area is 94.6 Å². The minimum Gasteiger partial charge on any atom is -0.336 e. The highest BCUT2D eigenvalue weighted by atomic mass is 79.9. The second-order valence-corrected chi connectivity index (χ2v) is 3.97. The molecule has 1 N–H and O–H groups in total. The van der Waals surface area contributed by atoms with Gasteiger partial charge in [-0.05, 0) is 28.1 Å². The van der Waals surface area contributed by atoms with Crippen molar-refractivity contribution < 1.29 is 9.59 Å². The molecule has 0 atom stereocenters. The van der Waals surface area contributed by atoms with E-state index in [0.29, 0.717) is 13.1 Å². The molecule has 1 fully saturated rings. The molecule has 6 heteroatoms. The fraction of sp³-hybridized carbons (Fsp3) is 0.222. The van der Waals surface area contributed by atoms with Gasteiger partial charge in [-0.25, -0.2) is 9.78 Å². The lowest BCUT2D eigenvalue weighted by Gasteiger charge is -2.10. The molecule has 0 aromatic carbocycles. The average Bonchev–Trinajstić information content (AvgIpc) is 2.65. The standard InChI is InChI=1S/C9H8BrN3O2/c10-6-1-2-7(12-5-6)8(14)13-4-3-11-9(13)15/h1-2,5H,3-4H2,(H,11,15). The second kappa shape index (κ2) is 3.98. The molecule has 0 saturated carbocycles. The van der Waals surface area contributed by atoms with Gasteiger partial charge in [-0.15, -0.1) is 0 Å². The summed E-state index contributed by atoms with van der Waals surface area (Å²) in [7, 11) is 0. The first-order valence-electron chi connectivity index (χ1n) is 4.40. The molecule has 1 aliphatic heterocycles. The van der Waals surface area contributed by atoms with Crippen molar-refractivity contribution in [1.29, 1.82) is 0 Å². The summed E-state index contributed by atoms with van der Waals surface area (Å²) in [6.07, 6.45) is 1.53. The Morgan fingerprint density at radius 1 is 1.53 bits per heavy atom. The van der Waals surface area contributed by atoms with E-state index < -0.39 is 0 Å². The van der Waals surface area contributed by atoms with Gasteiger partial charge in [-0.1, -0.05) is 0 Å². The molecule has 2 rings (SSSR count). The first kappa shape index (κ1) is 10.1. The molecule has 0 unspecified atom stereocenters. The number of halogens is 1. The zero-order chi connectivity index (χ0) is 10.8. The molecule has 2 heterocycles. The van der Waals surface area contributed by atoms with E-state index >= 15 is 0 Å². The first-order valence-corrected chi connectivity index (χ1v) is 5.19. The van der Waals surface area contributed by atoms with Crippen LogP contribution in [0.25, 0.3) is 0 Å². The minimum atomic E-state index is -0.363. The van der Waals surface area contributed by atoms with Crippen molar-refractivity contribution in [1.82, 2.24) is 15.2 Å². The van der Waals surface area contributed by atoms with Crippen LogP contribution in [-0.2, 0) is 0 Å². The van der Waals surface area contributed by atoms with E-state index in [-0.39, 0.29) is 17.6 Å². The molecule has 0 spiro atoms. The number of urea groups is 1. The summed E-state index contributed by atoms with van der Waals surface area (Å²) in [5, 5.41) is 2.56. The fourth-order valence-electron chi connectivity index (χ4n) is 1.31. The number of carbonyl (C=O) groups excluding carboxylic acids is 2. The van der Waals surface area contributed by atoms with Crippen molar-refractivity contribution in [3.8, 4) is 0 Å². The highest BCUT2D eigenvalue weighted by Crippen LogP contribution is 2.10. The Bertz CT molecular complexity index is 404. The second-order valence-electron chi connectivity index (χ2n) is 3.05. The third kappa shape index (κ3) is 1.99. The number of carbonyl (C=O) groups is 2. The molecule has 0 radical (unpaired) electrons. The quantitative estimate of drug-likeness (QED) is 0.828. The van der Waals surface area contributed by atoms with Gasteiger partial charge in [0.05, 0.1) is 0 Å². The lowest BCUT2D eigenvalue weighted by atomic mass is 10.3. The first-order chi connectivity index (χ1) is 7.18. The average molecular weight is 270 g/mol. The van der Waals surface area contributed by atoms with E-state index in [0.717, 1.165) is 9.37 Å². The van der Waals surface area contributed by atoms with Crippen LogP contribution in [0.2, 0.25) is 0 Å². The molecule has 78 valence electrons. The molecule has 1 saturated heterocycles. The zero-order valence-electron chi connectivity index (χ0n) is 7.74. The number of hydrogen-bond donors (Lipinski definition) is 1. The number of nitrogens with zero attached hydrogens (tertiary/aromatic N) is 2. The summed E-state index contributed by atoms with van der Waals surface area (Å²) < 4.78 is 0.796. The molecule has 0 aliphatic carbocycles. The highest BCUT2D eigenvalue weighted by molar-refractivity contribution is 9.10. The number of imide groups is 1. The topological polar surface area (TPSA) is 62.3 Å². The SMILES string of the molecule is O=C1NCCN1C(=O)c1ccc(Br)cn1. The number of pyridine rings is 1. The number of rotatable bonds is 1. The largest absolute Gasteiger partial charge is 0.336 e. The number of nitrogens with one attached hydrogen (secondary N) is 1. The van der Waals surface area contributed by atoms with Crippen molar-refractivity contribution in [2.45, 2.75) is 0 Å². The van der Waals surface area contributed by atoms with Crippen LogP contribution in [0.5, 0.6) is 0 Å². The molecule has 0 bridgehead atoms. The minimum absolute atomic E-state index is 0.273. The van der Waals surface area contributed by atoms with Gasteiger partial charge in [0, 0.05) is 23.8 Å². The Balaban J connectivity index is 2.20. The van der Waals surface area contributed by atoms with Crippen LogP contribution < -0.4 is 5.32 Å². The van der Waals surface area contributed by atoms with Crippen LogP contribution in [0.15, 0.2) is 22.8 Å². The van der Waals surface area contributed by atoms with E-state index in [9.17, 15) is 9.59 Å². The van der Waals surface area contributed by atoms with Gasteiger partial charge in [0.2, 0.25) is 0 Å². The van der Waals surface area contributed by atoms with Crippen molar-refractivity contribution in [2.24, 2.45) is 0 Å². The maximum Gasteiger partial charge on any atom is 0.324 e. The van der Waals surface area contributed by atoms with Gasteiger partial charge < -0.3 is 5.32 Å². The van der Waals surface area contributed by atoms with Crippen LogP contribution in [0.4, 0.5) is 4.79 Å². The van der Waals surface area contributed by atoms with Crippen LogP contribution in [-0.4, -0.2) is 34.9 Å². The van der Waals surface area contributed by atoms with E-state index in [1.165, 1.54) is 6.20 Å². The van der Waals surface area contributed by atoms with Crippen molar-refractivity contribution in [3.63, 3.8) is 0 Å². The van der Waals surface area contributed by atoms with Gasteiger partial charge in [0.1, 0.15) is 5.69 Å². The van der Waals surface area contributed by atoms with E-state index in [1.807, 2.05) is 0 Å². The third-order valence-corrected chi connectivity index (χ3v) is 2.52. The number of hydrogen-bond acceptors (Lipinski definition) is 3. The van der Waals surface area contributed by atoms with Gasteiger partial charge >= 0.3 is 6.03 Å². The molecular formula is C9H8BrN3O2. The summed E-state index contributed by atoms with van der Waals surface area (Å²) in [5.74, 6) is -0.363. The smallest absolute Gasteiger partial charge is 0.324 e. The normalized spacial score (nSPS) is 15.3. The van der Waals surface area contributed by atoms with Gasteiger partial charge in [-0.3, -0.25) is 9.69 Å². The summed E-state index contributed by atoms with van der Waals surface area (Å²) in [4.78, 5) is 28.1. The predicted molar refractivity (Wildman–Crippen MR) is 56.4 cm³/mol. The molecule has 5 nitrogen and oxygen atoms in total. The fourth-order valence-corrected chi connectivity index (χ4v) is 1.54. The predicted octanol–water partition coefficient (Wildman–Crippen LogP) is 1.01. The Kier molecular flexibility index (Phi) is 2.68. The third-order valence-electron chi connectivity index (χ3n) is 2.05. The molecule has 1 aromatic heterocycles. The monoisotopic (exact) mass is 269 g/mol. The van der Waals surface area contributed by atoms with Crippen molar-refractivity contribution in [3.05, 3.63) is 28.5 Å². The molecule has 1 aromatic rings. The van der Waals surface area contributed by atoms with Crippen LogP contribution in [0.1, 0.15) is 10.5 Å². The van der Waals surface area contributed by atoms with Gasteiger partial charge in [0.15, 0.2) is 0 Å². The van der Waals surface area contributed by atoms with Crippen molar-refractivity contribution in [2.75, 3.05) is 13.1 Å². The van der Waals surface area contributed by atoms with E-state index in [4.69, 9.17) is 0 Å². The van der Waals surface area contributed by atoms with Crippen molar-refractivity contribution >= 4 is 27.9 Å². The molecule has 15 heavy (non-hydrogen) atoms. The zero-order valence-corrected chi connectivity index (χ0v) is 9.32. The Morgan fingerprint density at radius 3 is 2.87 bits per heavy atom. The summed E-state index contributed by atoms with van der Waals surface area (Å²) in [5.41, 5.74) is 0.273. The van der Waals surface area contributed by atoms with Crippen LogP contribution >= 0.6 is 15.9 Å². The highest BCUT2D eigenvalue weighted by Gasteiger charge is 2.27. The molecular weight excluding hydrogens is 262 g/mol. The Hall–Kier alpha value is -1.43. The van der Waals surface area contributed by atoms with E-state index in [1.54, 1.807) is 12.1 Å². The van der Waals surface area contributed by atoms with Crippen LogP contribution in [0.3, 0.4) is 0 Å². The Morgan fingerprint density at radius 2 is 2.33 bits per heavy atom. The lowest BCUT2D eigenvalue weighted by molar-refractivity contribution is 0.0823.